The Bertz CT molecular complexity index is 612. The molecule has 104 valence electrons. The van der Waals surface area contributed by atoms with Crippen molar-refractivity contribution >= 4 is 21.5 Å². The lowest BCUT2D eigenvalue weighted by atomic mass is 10.1. The molecule has 1 aromatic rings. The van der Waals surface area contributed by atoms with Crippen molar-refractivity contribution in [3.05, 3.63) is 23.5 Å². The minimum absolute atomic E-state index is 0.0490. The molecule has 7 heteroatoms. The average Bonchev–Trinajstić information content (AvgIpc) is 2.27. The van der Waals surface area contributed by atoms with Crippen molar-refractivity contribution in [3.63, 3.8) is 0 Å². The van der Waals surface area contributed by atoms with Crippen molar-refractivity contribution in [1.82, 2.24) is 4.98 Å². The van der Waals surface area contributed by atoms with Crippen molar-refractivity contribution in [3.8, 4) is 0 Å². The van der Waals surface area contributed by atoms with Crippen LogP contribution >= 0.6 is 0 Å². The molecule has 0 bridgehead atoms. The van der Waals surface area contributed by atoms with Gasteiger partial charge in [0.2, 0.25) is 0 Å². The summed E-state index contributed by atoms with van der Waals surface area (Å²) >= 11 is 0. The normalized spacial score (nSPS) is 22.2. The summed E-state index contributed by atoms with van der Waals surface area (Å²) in [5, 5.41) is 9.19. The summed E-state index contributed by atoms with van der Waals surface area (Å²) in [5.74, 6) is -0.950. The van der Waals surface area contributed by atoms with Gasteiger partial charge in [0.1, 0.15) is 5.56 Å². The van der Waals surface area contributed by atoms with Crippen LogP contribution in [0.3, 0.4) is 0 Å². The number of hydrogen-bond donors (Lipinski definition) is 1. The molecule has 0 aromatic carbocycles. The quantitative estimate of drug-likeness (QED) is 0.860. The Labute approximate surface area is 112 Å². The van der Waals surface area contributed by atoms with Crippen LogP contribution in [0.4, 0.5) is 5.69 Å². The summed E-state index contributed by atoms with van der Waals surface area (Å²) in [7, 11) is -3.02. The highest BCUT2D eigenvalue weighted by molar-refractivity contribution is 7.91. The number of aryl methyl sites for hydroxylation is 1. The standard InChI is InChI=1S/C12H16N2O4S/c1-8-5-11(10(6-13-8)12(15)16)14-3-4-19(17,18)7-9(14)2/h5-6,9H,3-4,7H2,1-2H3,(H,15,16). The van der Waals surface area contributed by atoms with E-state index in [-0.39, 0.29) is 23.1 Å². The molecule has 1 fully saturated rings. The van der Waals surface area contributed by atoms with Crippen LogP contribution in [-0.2, 0) is 9.84 Å². The second-order valence-corrected chi connectivity index (χ2v) is 7.03. The fourth-order valence-electron chi connectivity index (χ4n) is 2.30. The molecule has 1 N–H and O–H groups in total. The van der Waals surface area contributed by atoms with E-state index >= 15 is 0 Å². The van der Waals surface area contributed by atoms with Crippen molar-refractivity contribution in [2.24, 2.45) is 0 Å². The number of nitrogens with zero attached hydrogens (tertiary/aromatic N) is 2. The molecule has 19 heavy (non-hydrogen) atoms. The first kappa shape index (κ1) is 13.8. The fraction of sp³-hybridized carbons (Fsp3) is 0.500. The Morgan fingerprint density at radius 2 is 2.21 bits per heavy atom. The molecule has 0 spiro atoms. The van der Waals surface area contributed by atoms with Gasteiger partial charge in [0, 0.05) is 24.5 Å². The molecule has 2 rings (SSSR count). The summed E-state index contributed by atoms with van der Waals surface area (Å²) in [5.41, 5.74) is 1.36. The van der Waals surface area contributed by atoms with Gasteiger partial charge in [-0.2, -0.15) is 0 Å². The third-order valence-electron chi connectivity index (χ3n) is 3.23. The number of rotatable bonds is 2. The van der Waals surface area contributed by atoms with Crippen LogP contribution in [0.25, 0.3) is 0 Å². The highest BCUT2D eigenvalue weighted by Crippen LogP contribution is 2.26. The van der Waals surface area contributed by atoms with Crippen LogP contribution in [0.1, 0.15) is 23.0 Å². The van der Waals surface area contributed by atoms with Gasteiger partial charge in [-0.05, 0) is 19.9 Å². The van der Waals surface area contributed by atoms with E-state index in [1.165, 1.54) is 6.20 Å². The van der Waals surface area contributed by atoms with Gasteiger partial charge in [0.05, 0.1) is 17.2 Å². The number of hydrogen-bond acceptors (Lipinski definition) is 5. The molecule has 0 amide bonds. The second kappa shape index (κ2) is 4.80. The third-order valence-corrected chi connectivity index (χ3v) is 5.02. The van der Waals surface area contributed by atoms with Crippen molar-refractivity contribution < 1.29 is 18.3 Å². The Kier molecular flexibility index (Phi) is 3.49. The molecule has 0 radical (unpaired) electrons. The van der Waals surface area contributed by atoms with Gasteiger partial charge in [-0.3, -0.25) is 4.98 Å². The monoisotopic (exact) mass is 284 g/mol. The van der Waals surface area contributed by atoms with E-state index in [9.17, 15) is 18.3 Å². The molecule has 1 aliphatic rings. The SMILES string of the molecule is Cc1cc(N2CCS(=O)(=O)CC2C)c(C(=O)O)cn1. The number of anilines is 1. The zero-order valence-corrected chi connectivity index (χ0v) is 11.6. The summed E-state index contributed by atoms with van der Waals surface area (Å²) in [6, 6.07) is 1.45. The highest BCUT2D eigenvalue weighted by atomic mass is 32.2. The summed E-state index contributed by atoms with van der Waals surface area (Å²) in [6.45, 7) is 3.88. The van der Waals surface area contributed by atoms with Crippen LogP contribution in [-0.4, -0.2) is 48.6 Å². The van der Waals surface area contributed by atoms with Crippen molar-refractivity contribution in [1.29, 1.82) is 0 Å². The van der Waals surface area contributed by atoms with Crippen molar-refractivity contribution in [2.75, 3.05) is 23.0 Å². The predicted octanol–water partition coefficient (Wildman–Crippen LogP) is 0.712. The number of carbonyl (C=O) groups is 1. The highest BCUT2D eigenvalue weighted by Gasteiger charge is 2.30. The molecule has 1 unspecified atom stereocenters. The third kappa shape index (κ3) is 2.86. The topological polar surface area (TPSA) is 87.6 Å². The van der Waals surface area contributed by atoms with Crippen LogP contribution in [0.15, 0.2) is 12.3 Å². The van der Waals surface area contributed by atoms with Gasteiger partial charge in [0.15, 0.2) is 9.84 Å². The summed E-state index contributed by atoms with van der Waals surface area (Å²) < 4.78 is 23.1. The lowest BCUT2D eigenvalue weighted by Crippen LogP contribution is -2.47. The van der Waals surface area contributed by atoms with E-state index in [4.69, 9.17) is 0 Å². The van der Waals surface area contributed by atoms with Crippen LogP contribution in [0, 0.1) is 6.92 Å². The van der Waals surface area contributed by atoms with Gasteiger partial charge < -0.3 is 10.0 Å². The molecule has 1 aliphatic heterocycles. The summed E-state index contributed by atoms with van der Waals surface area (Å²) in [6.07, 6.45) is 1.32. The Morgan fingerprint density at radius 1 is 1.53 bits per heavy atom. The Balaban J connectivity index is 2.42. The lowest BCUT2D eigenvalue weighted by Gasteiger charge is -2.35. The van der Waals surface area contributed by atoms with E-state index in [1.807, 2.05) is 4.90 Å². The van der Waals surface area contributed by atoms with E-state index in [0.29, 0.717) is 17.9 Å². The molecule has 0 saturated carbocycles. The molecule has 0 aliphatic carbocycles. The number of aromatic carboxylic acids is 1. The number of sulfone groups is 1. The van der Waals surface area contributed by atoms with Gasteiger partial charge in [0.25, 0.3) is 0 Å². The first-order valence-electron chi connectivity index (χ1n) is 5.97. The maximum atomic E-state index is 11.6. The van der Waals surface area contributed by atoms with Crippen LogP contribution in [0.2, 0.25) is 0 Å². The first-order chi connectivity index (χ1) is 8.80. The minimum atomic E-state index is -3.02. The minimum Gasteiger partial charge on any atom is -0.478 e. The van der Waals surface area contributed by atoms with Gasteiger partial charge >= 0.3 is 5.97 Å². The average molecular weight is 284 g/mol. The molecule has 1 saturated heterocycles. The van der Waals surface area contributed by atoms with E-state index in [2.05, 4.69) is 4.98 Å². The Morgan fingerprint density at radius 3 is 2.79 bits per heavy atom. The molecule has 1 atom stereocenters. The molecule has 1 aromatic heterocycles. The second-order valence-electron chi connectivity index (χ2n) is 4.80. The number of pyridine rings is 1. The van der Waals surface area contributed by atoms with Crippen LogP contribution in [0.5, 0.6) is 0 Å². The zero-order chi connectivity index (χ0) is 14.2. The lowest BCUT2D eigenvalue weighted by molar-refractivity contribution is 0.0697. The largest absolute Gasteiger partial charge is 0.478 e. The predicted molar refractivity (Wildman–Crippen MR) is 71.4 cm³/mol. The van der Waals surface area contributed by atoms with Gasteiger partial charge in [-0.15, -0.1) is 0 Å². The van der Waals surface area contributed by atoms with E-state index in [1.54, 1.807) is 19.9 Å². The van der Waals surface area contributed by atoms with Gasteiger partial charge in [-0.1, -0.05) is 0 Å². The van der Waals surface area contributed by atoms with Crippen molar-refractivity contribution in [2.45, 2.75) is 19.9 Å². The van der Waals surface area contributed by atoms with E-state index in [0.717, 1.165) is 0 Å². The molecule has 2 heterocycles. The smallest absolute Gasteiger partial charge is 0.339 e. The maximum absolute atomic E-state index is 11.6. The molecular weight excluding hydrogens is 268 g/mol. The van der Waals surface area contributed by atoms with Gasteiger partial charge in [-0.25, -0.2) is 13.2 Å². The molecular formula is C12H16N2O4S. The molecule has 6 nitrogen and oxygen atoms in total. The number of carboxylic acids is 1. The fourth-order valence-corrected chi connectivity index (χ4v) is 3.86. The number of carboxylic acid groups (broad SMARTS) is 1. The summed E-state index contributed by atoms with van der Waals surface area (Å²) in [4.78, 5) is 17.0. The van der Waals surface area contributed by atoms with E-state index < -0.39 is 15.8 Å². The zero-order valence-electron chi connectivity index (χ0n) is 10.8. The maximum Gasteiger partial charge on any atom is 0.339 e. The Hall–Kier alpha value is -1.63. The first-order valence-corrected chi connectivity index (χ1v) is 7.79. The number of aromatic nitrogens is 1. The van der Waals surface area contributed by atoms with Crippen LogP contribution < -0.4 is 4.90 Å².